The number of amides is 2. The maximum absolute atomic E-state index is 11.6. The van der Waals surface area contributed by atoms with Gasteiger partial charge < -0.3 is 0 Å². The molecule has 0 fully saturated rings. The van der Waals surface area contributed by atoms with Gasteiger partial charge in [-0.2, -0.15) is 0 Å². The molecule has 0 radical (unpaired) electrons. The molecule has 1 N–H and O–H groups in total. The molecular formula is C19H37NO2. The predicted octanol–water partition coefficient (Wildman–Crippen LogP) is 5.44. The molecule has 0 aromatic heterocycles. The van der Waals surface area contributed by atoms with Gasteiger partial charge in [-0.15, -0.1) is 0 Å². The highest BCUT2D eigenvalue weighted by Crippen LogP contribution is 2.12. The van der Waals surface area contributed by atoms with Crippen LogP contribution in [0.2, 0.25) is 0 Å². The third-order valence-electron chi connectivity index (χ3n) is 2.19. The Labute approximate surface area is 138 Å². The van der Waals surface area contributed by atoms with E-state index in [2.05, 4.69) is 11.9 Å². The van der Waals surface area contributed by atoms with E-state index in [4.69, 9.17) is 0 Å². The van der Waals surface area contributed by atoms with Crippen LogP contribution in [-0.2, 0) is 9.59 Å². The molecule has 0 aliphatic heterocycles. The number of imide groups is 1. The summed E-state index contributed by atoms with van der Waals surface area (Å²) in [6.07, 6.45) is 7.45. The molecule has 0 rings (SSSR count). The van der Waals surface area contributed by atoms with Crippen molar-refractivity contribution in [1.29, 1.82) is 0 Å². The number of allylic oxidation sites excluding steroid dienone is 4. The average Bonchev–Trinajstić information content (AvgIpc) is 2.60. The van der Waals surface area contributed by atoms with Gasteiger partial charge in [-0.1, -0.05) is 79.3 Å². The molecule has 0 saturated heterocycles. The van der Waals surface area contributed by atoms with Crippen molar-refractivity contribution in [2.75, 3.05) is 0 Å². The first-order valence-electron chi connectivity index (χ1n) is 8.35. The topological polar surface area (TPSA) is 46.2 Å². The van der Waals surface area contributed by atoms with Crippen LogP contribution in [0.15, 0.2) is 36.5 Å². The number of nitrogens with one attached hydrogen (secondary N) is 1. The normalized spacial score (nSPS) is 10.7. The van der Waals surface area contributed by atoms with Crippen LogP contribution in [0.25, 0.3) is 0 Å². The zero-order valence-corrected chi connectivity index (χ0v) is 16.1. The summed E-state index contributed by atoms with van der Waals surface area (Å²) in [4.78, 5) is 22.7. The maximum atomic E-state index is 11.6. The van der Waals surface area contributed by atoms with Crippen molar-refractivity contribution >= 4 is 11.8 Å². The summed E-state index contributed by atoms with van der Waals surface area (Å²) in [6.45, 7) is 21.0. The van der Waals surface area contributed by atoms with Crippen molar-refractivity contribution in [3.63, 3.8) is 0 Å². The molecular weight excluding hydrogens is 274 g/mol. The molecule has 3 nitrogen and oxygen atoms in total. The van der Waals surface area contributed by atoms with E-state index < -0.39 is 0 Å². The van der Waals surface area contributed by atoms with Crippen molar-refractivity contribution in [3.8, 4) is 0 Å². The molecule has 0 bridgehead atoms. The lowest BCUT2D eigenvalue weighted by Crippen LogP contribution is -2.34. The van der Waals surface area contributed by atoms with E-state index in [1.54, 1.807) is 19.9 Å². The molecule has 0 aromatic carbocycles. The lowest BCUT2D eigenvalue weighted by molar-refractivity contribution is -0.131. The minimum Gasteiger partial charge on any atom is -0.296 e. The molecule has 2 amide bonds. The second-order valence-corrected chi connectivity index (χ2v) is 3.38. The van der Waals surface area contributed by atoms with Crippen molar-refractivity contribution in [2.45, 2.75) is 68.7 Å². The van der Waals surface area contributed by atoms with Crippen molar-refractivity contribution in [2.24, 2.45) is 5.92 Å². The van der Waals surface area contributed by atoms with Crippen LogP contribution in [0, 0.1) is 5.92 Å². The molecule has 1 unspecified atom stereocenters. The number of hydrogen-bond donors (Lipinski definition) is 1. The Hall–Kier alpha value is -1.64. The fourth-order valence-corrected chi connectivity index (χ4v) is 1.08. The Morgan fingerprint density at radius 3 is 1.86 bits per heavy atom. The average molecular weight is 312 g/mol. The zero-order chi connectivity index (χ0) is 18.6. The van der Waals surface area contributed by atoms with E-state index >= 15 is 0 Å². The van der Waals surface area contributed by atoms with Gasteiger partial charge in [0.15, 0.2) is 0 Å². The molecule has 3 heteroatoms. The highest BCUT2D eigenvalue weighted by atomic mass is 16.2. The molecule has 0 aliphatic carbocycles. The minimum absolute atomic E-state index is 0.258. The van der Waals surface area contributed by atoms with Gasteiger partial charge in [-0.3, -0.25) is 14.9 Å². The molecule has 1 atom stereocenters. The van der Waals surface area contributed by atoms with Gasteiger partial charge in [0.1, 0.15) is 0 Å². The SMILES string of the molecule is C=C/C(=C\C=C/C)C(C)C(=O)NC(=O)CC.CC.CC.CC. The van der Waals surface area contributed by atoms with Crippen molar-refractivity contribution < 1.29 is 9.59 Å². The first kappa shape index (κ1) is 28.5. The van der Waals surface area contributed by atoms with E-state index in [1.807, 2.05) is 66.7 Å². The monoisotopic (exact) mass is 311 g/mol. The lowest BCUT2D eigenvalue weighted by atomic mass is 9.99. The summed E-state index contributed by atoms with van der Waals surface area (Å²) in [5.74, 6) is -0.919. The van der Waals surface area contributed by atoms with Gasteiger partial charge >= 0.3 is 0 Å². The van der Waals surface area contributed by atoms with Crippen LogP contribution in [0.3, 0.4) is 0 Å². The first-order chi connectivity index (χ1) is 10.6. The second-order valence-electron chi connectivity index (χ2n) is 3.38. The fourth-order valence-electron chi connectivity index (χ4n) is 1.08. The third-order valence-corrected chi connectivity index (χ3v) is 2.19. The van der Waals surface area contributed by atoms with Gasteiger partial charge in [0.2, 0.25) is 11.8 Å². The first-order valence-corrected chi connectivity index (χ1v) is 8.35. The van der Waals surface area contributed by atoms with Gasteiger partial charge in [0.25, 0.3) is 0 Å². The highest BCUT2D eigenvalue weighted by molar-refractivity contribution is 5.97. The largest absolute Gasteiger partial charge is 0.296 e. The standard InChI is InChI=1S/C13H19NO2.3C2H6/c1-5-8-9-11(6-2)10(4)13(16)14-12(15)7-3;3*1-2/h5-6,8-10H,2,7H2,1,3-4H3,(H,14,15,16);3*1-2H3/b8-5-,11-9+;;;. The van der Waals surface area contributed by atoms with Crippen molar-refractivity contribution in [3.05, 3.63) is 36.5 Å². The van der Waals surface area contributed by atoms with E-state index in [1.165, 1.54) is 0 Å². The van der Waals surface area contributed by atoms with Crippen LogP contribution in [0.4, 0.5) is 0 Å². The number of hydrogen-bond acceptors (Lipinski definition) is 2. The molecule has 0 spiro atoms. The van der Waals surface area contributed by atoms with Crippen LogP contribution < -0.4 is 5.32 Å². The summed E-state index contributed by atoms with van der Waals surface area (Å²) in [7, 11) is 0. The van der Waals surface area contributed by atoms with Gasteiger partial charge in [0.05, 0.1) is 5.92 Å². The predicted molar refractivity (Wildman–Crippen MR) is 99.7 cm³/mol. The fraction of sp³-hybridized carbons (Fsp3) is 0.579. The summed E-state index contributed by atoms with van der Waals surface area (Å²) in [6, 6.07) is 0. The van der Waals surface area contributed by atoms with Crippen LogP contribution in [0.1, 0.15) is 68.7 Å². The Morgan fingerprint density at radius 1 is 1.09 bits per heavy atom. The number of carbonyl (C=O) groups excluding carboxylic acids is 2. The Kier molecular flexibility index (Phi) is 31.6. The summed E-state index contributed by atoms with van der Waals surface area (Å²) in [5.41, 5.74) is 0.791. The van der Waals surface area contributed by atoms with E-state index in [0.717, 1.165) is 5.57 Å². The van der Waals surface area contributed by atoms with Gasteiger partial charge in [-0.05, 0) is 19.4 Å². The summed E-state index contributed by atoms with van der Waals surface area (Å²) < 4.78 is 0. The number of carbonyl (C=O) groups is 2. The smallest absolute Gasteiger partial charge is 0.233 e. The Morgan fingerprint density at radius 2 is 1.55 bits per heavy atom. The maximum Gasteiger partial charge on any atom is 0.233 e. The Bertz CT molecular complexity index is 328. The van der Waals surface area contributed by atoms with Crippen LogP contribution in [0.5, 0.6) is 0 Å². The van der Waals surface area contributed by atoms with Gasteiger partial charge in [0, 0.05) is 6.42 Å². The van der Waals surface area contributed by atoms with Crippen molar-refractivity contribution in [1.82, 2.24) is 5.32 Å². The van der Waals surface area contributed by atoms with E-state index in [9.17, 15) is 9.59 Å². The third kappa shape index (κ3) is 16.4. The zero-order valence-electron chi connectivity index (χ0n) is 16.1. The van der Waals surface area contributed by atoms with Crippen LogP contribution >= 0.6 is 0 Å². The molecule has 0 aromatic rings. The molecule has 22 heavy (non-hydrogen) atoms. The van der Waals surface area contributed by atoms with Gasteiger partial charge in [-0.25, -0.2) is 0 Å². The molecule has 0 aliphatic rings. The lowest BCUT2D eigenvalue weighted by Gasteiger charge is -2.11. The van der Waals surface area contributed by atoms with E-state index in [0.29, 0.717) is 6.42 Å². The van der Waals surface area contributed by atoms with E-state index in [-0.39, 0.29) is 17.7 Å². The molecule has 130 valence electrons. The molecule has 0 saturated carbocycles. The second kappa shape index (κ2) is 24.4. The summed E-state index contributed by atoms with van der Waals surface area (Å²) >= 11 is 0. The van der Waals surface area contributed by atoms with Crippen LogP contribution in [-0.4, -0.2) is 11.8 Å². The molecule has 0 heterocycles. The highest BCUT2D eigenvalue weighted by Gasteiger charge is 2.16. The quantitative estimate of drug-likeness (QED) is 0.687. The Balaban J connectivity index is -0.000000238. The number of rotatable bonds is 5. The summed E-state index contributed by atoms with van der Waals surface area (Å²) in [5, 5.41) is 2.33. The minimum atomic E-state index is -0.371.